The maximum absolute atomic E-state index is 13.1. The molecule has 1 aromatic heterocycles. The summed E-state index contributed by atoms with van der Waals surface area (Å²) in [5.74, 6) is 0.895. The third-order valence-corrected chi connectivity index (χ3v) is 4.45. The first kappa shape index (κ1) is 15.5. The standard InChI is InChI=1S/C18H20FN3O/c1-12-9-15(13-3-6-16(19)7-4-13)11-22(12)17-8-5-14(10-21-17)18(23)20-2/h3-8,10,12,15H,9,11H2,1-2H3,(H,20,23). The molecule has 1 saturated heterocycles. The largest absolute Gasteiger partial charge is 0.355 e. The number of aromatic nitrogens is 1. The number of amides is 1. The van der Waals surface area contributed by atoms with E-state index in [2.05, 4.69) is 22.1 Å². The quantitative estimate of drug-likeness (QED) is 0.947. The molecule has 1 N–H and O–H groups in total. The smallest absolute Gasteiger partial charge is 0.252 e. The molecule has 23 heavy (non-hydrogen) atoms. The first-order chi connectivity index (χ1) is 11.1. The van der Waals surface area contributed by atoms with Crippen LogP contribution in [-0.4, -0.2) is 30.5 Å². The van der Waals surface area contributed by atoms with E-state index in [4.69, 9.17) is 0 Å². The second kappa shape index (κ2) is 6.36. The van der Waals surface area contributed by atoms with E-state index < -0.39 is 0 Å². The van der Waals surface area contributed by atoms with E-state index in [0.29, 0.717) is 17.5 Å². The number of nitrogens with one attached hydrogen (secondary N) is 1. The Labute approximate surface area is 135 Å². The monoisotopic (exact) mass is 313 g/mol. The normalized spacial score (nSPS) is 20.6. The molecule has 0 bridgehead atoms. The van der Waals surface area contributed by atoms with Crippen molar-refractivity contribution in [1.29, 1.82) is 0 Å². The van der Waals surface area contributed by atoms with Crippen LogP contribution in [0.2, 0.25) is 0 Å². The van der Waals surface area contributed by atoms with Crippen LogP contribution in [0.5, 0.6) is 0 Å². The van der Waals surface area contributed by atoms with E-state index in [1.165, 1.54) is 12.1 Å². The lowest BCUT2D eigenvalue weighted by Crippen LogP contribution is -2.27. The average molecular weight is 313 g/mol. The molecule has 5 heteroatoms. The number of carbonyl (C=O) groups excluding carboxylic acids is 1. The highest BCUT2D eigenvalue weighted by Crippen LogP contribution is 2.34. The molecule has 3 rings (SSSR count). The minimum atomic E-state index is -0.205. The van der Waals surface area contributed by atoms with Crippen LogP contribution >= 0.6 is 0 Å². The minimum absolute atomic E-state index is 0.136. The van der Waals surface area contributed by atoms with Crippen LogP contribution in [0.3, 0.4) is 0 Å². The van der Waals surface area contributed by atoms with Gasteiger partial charge >= 0.3 is 0 Å². The summed E-state index contributed by atoms with van der Waals surface area (Å²) in [6.07, 6.45) is 2.61. The molecule has 2 heterocycles. The summed E-state index contributed by atoms with van der Waals surface area (Å²) in [5, 5.41) is 2.59. The van der Waals surface area contributed by atoms with E-state index in [1.807, 2.05) is 18.2 Å². The van der Waals surface area contributed by atoms with Crippen molar-refractivity contribution in [2.45, 2.75) is 25.3 Å². The van der Waals surface area contributed by atoms with Gasteiger partial charge in [0.2, 0.25) is 0 Å². The molecular formula is C18H20FN3O. The fourth-order valence-corrected chi connectivity index (χ4v) is 3.16. The summed E-state index contributed by atoms with van der Waals surface area (Å²) in [6.45, 7) is 3.01. The van der Waals surface area contributed by atoms with Gasteiger partial charge in [-0.2, -0.15) is 0 Å². The summed E-state index contributed by atoms with van der Waals surface area (Å²) < 4.78 is 13.1. The van der Waals surface area contributed by atoms with Crippen LogP contribution in [0.4, 0.5) is 10.2 Å². The van der Waals surface area contributed by atoms with Crippen molar-refractivity contribution >= 4 is 11.7 Å². The van der Waals surface area contributed by atoms with E-state index in [-0.39, 0.29) is 11.7 Å². The number of anilines is 1. The van der Waals surface area contributed by atoms with Crippen molar-refractivity contribution in [3.05, 3.63) is 59.5 Å². The predicted molar refractivity (Wildman–Crippen MR) is 88.2 cm³/mol. The molecule has 120 valence electrons. The highest BCUT2D eigenvalue weighted by atomic mass is 19.1. The summed E-state index contributed by atoms with van der Waals surface area (Å²) in [7, 11) is 1.60. The SMILES string of the molecule is CNC(=O)c1ccc(N2CC(c3ccc(F)cc3)CC2C)nc1. The van der Waals surface area contributed by atoms with Crippen LogP contribution in [0.1, 0.15) is 35.2 Å². The lowest BCUT2D eigenvalue weighted by Gasteiger charge is -2.22. The Balaban J connectivity index is 1.76. The second-order valence-electron chi connectivity index (χ2n) is 5.97. The van der Waals surface area contributed by atoms with Gasteiger partial charge in [0.15, 0.2) is 0 Å². The van der Waals surface area contributed by atoms with Crippen LogP contribution in [0, 0.1) is 5.82 Å². The molecule has 0 saturated carbocycles. The van der Waals surface area contributed by atoms with Crippen LogP contribution in [0.15, 0.2) is 42.6 Å². The zero-order valence-electron chi connectivity index (χ0n) is 13.3. The Morgan fingerprint density at radius 1 is 1.26 bits per heavy atom. The molecule has 0 radical (unpaired) electrons. The van der Waals surface area contributed by atoms with Crippen LogP contribution < -0.4 is 10.2 Å². The van der Waals surface area contributed by atoms with Gasteiger partial charge < -0.3 is 10.2 Å². The Kier molecular flexibility index (Phi) is 4.28. The van der Waals surface area contributed by atoms with Gasteiger partial charge in [-0.25, -0.2) is 9.37 Å². The molecule has 2 unspecified atom stereocenters. The van der Waals surface area contributed by atoms with E-state index >= 15 is 0 Å². The molecule has 1 aliphatic rings. The topological polar surface area (TPSA) is 45.2 Å². The molecule has 1 fully saturated rings. The summed E-state index contributed by atoms with van der Waals surface area (Å²) >= 11 is 0. The number of carbonyl (C=O) groups is 1. The minimum Gasteiger partial charge on any atom is -0.355 e. The third kappa shape index (κ3) is 3.18. The zero-order chi connectivity index (χ0) is 16.4. The predicted octanol–water partition coefficient (Wildman–Crippen LogP) is 2.96. The molecule has 0 aliphatic carbocycles. The molecule has 1 amide bonds. The van der Waals surface area contributed by atoms with Crippen molar-refractivity contribution < 1.29 is 9.18 Å². The van der Waals surface area contributed by atoms with Gasteiger partial charge in [-0.3, -0.25) is 4.79 Å². The van der Waals surface area contributed by atoms with Crippen molar-refractivity contribution in [3.63, 3.8) is 0 Å². The molecule has 1 aliphatic heterocycles. The van der Waals surface area contributed by atoms with Gasteiger partial charge in [-0.05, 0) is 43.2 Å². The van der Waals surface area contributed by atoms with Gasteiger partial charge in [0.05, 0.1) is 5.56 Å². The molecule has 0 spiro atoms. The third-order valence-electron chi connectivity index (χ3n) is 4.45. The zero-order valence-corrected chi connectivity index (χ0v) is 13.3. The molecule has 1 aromatic carbocycles. The highest BCUT2D eigenvalue weighted by Gasteiger charge is 2.30. The Hall–Kier alpha value is -2.43. The van der Waals surface area contributed by atoms with Gasteiger partial charge in [0.1, 0.15) is 11.6 Å². The number of nitrogens with zero attached hydrogens (tertiary/aromatic N) is 2. The van der Waals surface area contributed by atoms with Gasteiger partial charge in [-0.15, -0.1) is 0 Å². The van der Waals surface area contributed by atoms with Crippen molar-refractivity contribution in [3.8, 4) is 0 Å². The van der Waals surface area contributed by atoms with E-state index in [0.717, 1.165) is 24.3 Å². The Morgan fingerprint density at radius 2 is 2.00 bits per heavy atom. The number of pyridine rings is 1. The first-order valence-electron chi connectivity index (χ1n) is 7.78. The molecular weight excluding hydrogens is 293 g/mol. The van der Waals surface area contributed by atoms with E-state index in [9.17, 15) is 9.18 Å². The van der Waals surface area contributed by atoms with E-state index in [1.54, 1.807) is 19.3 Å². The maximum Gasteiger partial charge on any atom is 0.252 e. The first-order valence-corrected chi connectivity index (χ1v) is 7.78. The Bertz CT molecular complexity index is 684. The fourth-order valence-electron chi connectivity index (χ4n) is 3.16. The number of hydrogen-bond acceptors (Lipinski definition) is 3. The number of benzene rings is 1. The maximum atomic E-state index is 13.1. The number of halogens is 1. The summed E-state index contributed by atoms with van der Waals surface area (Å²) in [4.78, 5) is 18.2. The molecule has 2 atom stereocenters. The van der Waals surface area contributed by atoms with Gasteiger partial charge in [-0.1, -0.05) is 12.1 Å². The average Bonchev–Trinajstić information content (AvgIpc) is 2.96. The lowest BCUT2D eigenvalue weighted by molar-refractivity contribution is 0.0963. The fraction of sp³-hybridized carbons (Fsp3) is 0.333. The van der Waals surface area contributed by atoms with Gasteiger partial charge in [0.25, 0.3) is 5.91 Å². The number of hydrogen-bond donors (Lipinski definition) is 1. The van der Waals surface area contributed by atoms with Gasteiger partial charge in [0, 0.05) is 31.7 Å². The molecule has 4 nitrogen and oxygen atoms in total. The van der Waals surface area contributed by atoms with Crippen molar-refractivity contribution in [2.75, 3.05) is 18.5 Å². The second-order valence-corrected chi connectivity index (χ2v) is 5.97. The molecule has 2 aromatic rings. The summed E-state index contributed by atoms with van der Waals surface area (Å²) in [5.41, 5.74) is 1.71. The van der Waals surface area contributed by atoms with Crippen molar-refractivity contribution in [2.24, 2.45) is 0 Å². The van der Waals surface area contributed by atoms with Crippen molar-refractivity contribution in [1.82, 2.24) is 10.3 Å². The van der Waals surface area contributed by atoms with Crippen LogP contribution in [0.25, 0.3) is 0 Å². The summed E-state index contributed by atoms with van der Waals surface area (Å²) in [6, 6.07) is 10.8. The van der Waals surface area contributed by atoms with Crippen LogP contribution in [-0.2, 0) is 0 Å². The number of rotatable bonds is 3. The lowest BCUT2D eigenvalue weighted by atomic mass is 9.97. The Morgan fingerprint density at radius 3 is 2.61 bits per heavy atom. The highest BCUT2D eigenvalue weighted by molar-refractivity contribution is 5.93.